The Kier molecular flexibility index (Phi) is 2.70. The van der Waals surface area contributed by atoms with Crippen molar-refractivity contribution in [3.05, 3.63) is 35.5 Å². The summed E-state index contributed by atoms with van der Waals surface area (Å²) in [6.07, 6.45) is 10.0. The highest BCUT2D eigenvalue weighted by atomic mass is 14.1. The van der Waals surface area contributed by atoms with E-state index in [9.17, 15) is 0 Å². The Hall–Kier alpha value is -0.780. The summed E-state index contributed by atoms with van der Waals surface area (Å²) in [5.74, 6) is 0.704. The fourth-order valence-electron chi connectivity index (χ4n) is 1.13. The van der Waals surface area contributed by atoms with Gasteiger partial charge in [0.2, 0.25) is 0 Å². The molecule has 0 spiro atoms. The average Bonchev–Trinajstić information content (AvgIpc) is 1.98. The molecule has 0 radical (unpaired) electrons. The van der Waals surface area contributed by atoms with E-state index in [4.69, 9.17) is 0 Å². The van der Waals surface area contributed by atoms with Crippen molar-refractivity contribution in [1.29, 1.82) is 0 Å². The van der Waals surface area contributed by atoms with Crippen molar-refractivity contribution >= 4 is 0 Å². The fourth-order valence-corrected chi connectivity index (χ4v) is 1.13. The highest BCUT2D eigenvalue weighted by molar-refractivity contribution is 5.26. The minimum atomic E-state index is 0.704. The first-order chi connectivity index (χ1) is 5.20. The van der Waals surface area contributed by atoms with Gasteiger partial charge in [-0.05, 0) is 26.2 Å². The fraction of sp³-hybridized carbons (Fsp3) is 0.455. The topological polar surface area (TPSA) is 0 Å². The first kappa shape index (κ1) is 8.32. The predicted molar refractivity (Wildman–Crippen MR) is 50.4 cm³/mol. The molecule has 0 aromatic rings. The van der Waals surface area contributed by atoms with Gasteiger partial charge in [-0.2, -0.15) is 0 Å². The van der Waals surface area contributed by atoms with Crippen molar-refractivity contribution in [3.63, 3.8) is 0 Å². The van der Waals surface area contributed by atoms with E-state index in [1.54, 1.807) is 0 Å². The molecule has 0 saturated heterocycles. The number of allylic oxidation sites excluding steroid dienone is 6. The smallest absolute Gasteiger partial charge is 0.0197 e. The standard InChI is InChI=1S/C11H16/c1-9-5-4-6-10(2)11(3)8-7-9/h4-5,7-8,10H,6H2,1-3H3/b5-4+,9-7-,11-8-. The van der Waals surface area contributed by atoms with Crippen LogP contribution in [0, 0.1) is 5.92 Å². The van der Waals surface area contributed by atoms with Gasteiger partial charge in [0, 0.05) is 0 Å². The molecule has 0 N–H and O–H groups in total. The molecule has 0 heteroatoms. The molecule has 0 aromatic carbocycles. The third-order valence-corrected chi connectivity index (χ3v) is 2.26. The molecule has 0 amide bonds. The molecular formula is C11H16. The van der Waals surface area contributed by atoms with Gasteiger partial charge in [-0.15, -0.1) is 0 Å². The van der Waals surface area contributed by atoms with Crippen molar-refractivity contribution in [2.24, 2.45) is 5.92 Å². The van der Waals surface area contributed by atoms with Gasteiger partial charge in [-0.1, -0.05) is 42.4 Å². The summed E-state index contributed by atoms with van der Waals surface area (Å²) in [4.78, 5) is 0. The predicted octanol–water partition coefficient (Wildman–Crippen LogP) is 3.48. The highest BCUT2D eigenvalue weighted by Gasteiger charge is 2.01. The van der Waals surface area contributed by atoms with Crippen molar-refractivity contribution in [1.82, 2.24) is 0 Å². The Morgan fingerprint density at radius 2 is 2.00 bits per heavy atom. The Morgan fingerprint density at radius 1 is 1.27 bits per heavy atom. The van der Waals surface area contributed by atoms with Crippen LogP contribution < -0.4 is 0 Å². The average molecular weight is 148 g/mol. The highest BCUT2D eigenvalue weighted by Crippen LogP contribution is 2.17. The summed E-state index contributed by atoms with van der Waals surface area (Å²) < 4.78 is 0. The van der Waals surface area contributed by atoms with E-state index in [2.05, 4.69) is 45.1 Å². The Bertz CT molecular complexity index is 216. The van der Waals surface area contributed by atoms with E-state index < -0.39 is 0 Å². The molecule has 0 saturated carbocycles. The van der Waals surface area contributed by atoms with E-state index in [1.807, 2.05) is 0 Å². The summed E-state index contributed by atoms with van der Waals surface area (Å²) in [6.45, 7) is 6.61. The molecule has 1 aliphatic carbocycles. The molecule has 60 valence electrons. The second-order valence-electron chi connectivity index (χ2n) is 3.36. The molecule has 0 bridgehead atoms. The minimum absolute atomic E-state index is 0.704. The van der Waals surface area contributed by atoms with E-state index >= 15 is 0 Å². The monoisotopic (exact) mass is 148 g/mol. The van der Waals surface area contributed by atoms with Crippen LogP contribution in [0.3, 0.4) is 0 Å². The van der Waals surface area contributed by atoms with E-state index in [0.29, 0.717) is 5.92 Å². The van der Waals surface area contributed by atoms with Crippen LogP contribution in [0.2, 0.25) is 0 Å². The largest absolute Gasteiger partial charge is 0.0837 e. The van der Waals surface area contributed by atoms with Gasteiger partial charge in [0.1, 0.15) is 0 Å². The van der Waals surface area contributed by atoms with Crippen molar-refractivity contribution in [2.75, 3.05) is 0 Å². The van der Waals surface area contributed by atoms with E-state index in [0.717, 1.165) is 0 Å². The zero-order chi connectivity index (χ0) is 8.27. The maximum Gasteiger partial charge on any atom is -0.0197 e. The summed E-state index contributed by atoms with van der Waals surface area (Å²) in [7, 11) is 0. The second kappa shape index (κ2) is 3.56. The maximum absolute atomic E-state index is 2.27. The van der Waals surface area contributed by atoms with Crippen LogP contribution in [0.4, 0.5) is 0 Å². The summed E-state index contributed by atoms with van der Waals surface area (Å²) in [6, 6.07) is 0. The molecule has 1 aliphatic rings. The molecule has 1 atom stereocenters. The number of rotatable bonds is 0. The van der Waals surface area contributed by atoms with Crippen LogP contribution in [0.25, 0.3) is 0 Å². The summed E-state index contributed by atoms with van der Waals surface area (Å²) in [5.41, 5.74) is 2.82. The third-order valence-electron chi connectivity index (χ3n) is 2.26. The lowest BCUT2D eigenvalue weighted by atomic mass is 9.96. The molecule has 1 unspecified atom stereocenters. The molecular weight excluding hydrogens is 132 g/mol. The lowest BCUT2D eigenvalue weighted by Gasteiger charge is -2.10. The van der Waals surface area contributed by atoms with Crippen LogP contribution in [0.1, 0.15) is 27.2 Å². The minimum Gasteiger partial charge on any atom is -0.0837 e. The van der Waals surface area contributed by atoms with Gasteiger partial charge in [0.15, 0.2) is 0 Å². The van der Waals surface area contributed by atoms with Crippen LogP contribution in [0.5, 0.6) is 0 Å². The maximum atomic E-state index is 2.27. The first-order valence-electron chi connectivity index (χ1n) is 4.22. The molecule has 0 nitrogen and oxygen atoms in total. The zero-order valence-electron chi connectivity index (χ0n) is 7.59. The van der Waals surface area contributed by atoms with Gasteiger partial charge in [-0.25, -0.2) is 0 Å². The Labute approximate surface area is 69.3 Å². The van der Waals surface area contributed by atoms with Crippen LogP contribution in [-0.2, 0) is 0 Å². The number of hydrogen-bond donors (Lipinski definition) is 0. The van der Waals surface area contributed by atoms with E-state index in [-0.39, 0.29) is 0 Å². The first-order valence-corrected chi connectivity index (χ1v) is 4.22. The van der Waals surface area contributed by atoms with Crippen molar-refractivity contribution in [2.45, 2.75) is 27.2 Å². The molecule has 0 heterocycles. The lowest BCUT2D eigenvalue weighted by Crippen LogP contribution is -1.95. The quantitative estimate of drug-likeness (QED) is 0.493. The number of hydrogen-bond acceptors (Lipinski definition) is 0. The van der Waals surface area contributed by atoms with Gasteiger partial charge < -0.3 is 0 Å². The molecule has 0 aromatic heterocycles. The summed E-state index contributed by atoms with van der Waals surface area (Å²) >= 11 is 0. The van der Waals surface area contributed by atoms with Crippen molar-refractivity contribution in [3.8, 4) is 0 Å². The molecule has 1 rings (SSSR count). The summed E-state index contributed by atoms with van der Waals surface area (Å²) in [5, 5.41) is 0. The van der Waals surface area contributed by atoms with Crippen LogP contribution >= 0.6 is 0 Å². The normalized spacial score (nSPS) is 37.5. The van der Waals surface area contributed by atoms with Crippen molar-refractivity contribution < 1.29 is 0 Å². The van der Waals surface area contributed by atoms with Gasteiger partial charge in [-0.3, -0.25) is 0 Å². The van der Waals surface area contributed by atoms with Crippen LogP contribution in [0.15, 0.2) is 35.5 Å². The van der Waals surface area contributed by atoms with E-state index in [1.165, 1.54) is 17.6 Å². The lowest BCUT2D eigenvalue weighted by molar-refractivity contribution is 0.693. The molecule has 11 heavy (non-hydrogen) atoms. The SMILES string of the molecule is CC1=C/C=C(/C)C(C)C\C=C\1. The molecule has 0 fully saturated rings. The van der Waals surface area contributed by atoms with Gasteiger partial charge in [0.05, 0.1) is 0 Å². The second-order valence-corrected chi connectivity index (χ2v) is 3.36. The Morgan fingerprint density at radius 3 is 2.73 bits per heavy atom. The Balaban J connectivity index is 2.84. The molecule has 0 aliphatic heterocycles. The van der Waals surface area contributed by atoms with Gasteiger partial charge in [0.25, 0.3) is 0 Å². The van der Waals surface area contributed by atoms with Gasteiger partial charge >= 0.3 is 0 Å². The zero-order valence-corrected chi connectivity index (χ0v) is 7.59. The van der Waals surface area contributed by atoms with Crippen LogP contribution in [-0.4, -0.2) is 0 Å². The third kappa shape index (κ3) is 2.38.